The van der Waals surface area contributed by atoms with Crippen molar-refractivity contribution in [1.82, 2.24) is 15.3 Å². The Hall–Kier alpha value is -2.74. The molecule has 1 aromatic heterocycles. The Morgan fingerprint density at radius 3 is 2.44 bits per heavy atom. The van der Waals surface area contributed by atoms with Crippen molar-refractivity contribution >= 4 is 16.7 Å². The topological polar surface area (TPSA) is 49.8 Å². The summed E-state index contributed by atoms with van der Waals surface area (Å²) >= 11 is 0. The average Bonchev–Trinajstić information content (AvgIpc) is 3.38. The summed E-state index contributed by atoms with van der Waals surface area (Å²) in [5, 5.41) is 6.95. The smallest absolute Gasteiger partial charge is 0.365 e. The van der Waals surface area contributed by atoms with E-state index in [2.05, 4.69) is 20.6 Å². The fourth-order valence-electron chi connectivity index (χ4n) is 2.92. The molecule has 1 aliphatic rings. The maximum absolute atomic E-state index is 13.1. The molecule has 140 valence electrons. The van der Waals surface area contributed by atoms with Crippen LogP contribution in [0.25, 0.3) is 10.9 Å². The number of anilines is 1. The zero-order chi connectivity index (χ0) is 19.0. The van der Waals surface area contributed by atoms with Crippen LogP contribution >= 0.6 is 0 Å². The number of nitrogens with one attached hydrogen (secondary N) is 2. The molecule has 2 atom stereocenters. The van der Waals surface area contributed by atoms with Gasteiger partial charge in [-0.05, 0) is 36.2 Å². The van der Waals surface area contributed by atoms with Crippen molar-refractivity contribution in [2.45, 2.75) is 31.2 Å². The second kappa shape index (κ2) is 6.77. The van der Waals surface area contributed by atoms with Crippen LogP contribution in [-0.4, -0.2) is 22.1 Å². The Labute approximate surface area is 152 Å². The summed E-state index contributed by atoms with van der Waals surface area (Å²) in [4.78, 5) is 7.31. The van der Waals surface area contributed by atoms with Gasteiger partial charge < -0.3 is 10.6 Å². The van der Waals surface area contributed by atoms with Crippen molar-refractivity contribution in [2.75, 3.05) is 5.32 Å². The van der Waals surface area contributed by atoms with Crippen LogP contribution in [0, 0.1) is 5.82 Å². The van der Waals surface area contributed by atoms with Crippen LogP contribution in [0.3, 0.4) is 0 Å². The van der Waals surface area contributed by atoms with Gasteiger partial charge in [-0.3, -0.25) is 0 Å². The maximum Gasteiger partial charge on any atom is 0.451 e. The lowest BCUT2D eigenvalue weighted by Gasteiger charge is -2.12. The molecule has 27 heavy (non-hydrogen) atoms. The van der Waals surface area contributed by atoms with E-state index < -0.39 is 12.0 Å². The highest BCUT2D eigenvalue weighted by Crippen LogP contribution is 2.33. The van der Waals surface area contributed by atoms with Gasteiger partial charge in [-0.15, -0.1) is 0 Å². The van der Waals surface area contributed by atoms with Gasteiger partial charge in [0.1, 0.15) is 11.6 Å². The van der Waals surface area contributed by atoms with Gasteiger partial charge in [0.25, 0.3) is 0 Å². The van der Waals surface area contributed by atoms with E-state index in [1.54, 1.807) is 30.3 Å². The van der Waals surface area contributed by atoms with E-state index in [-0.39, 0.29) is 29.2 Å². The van der Waals surface area contributed by atoms with E-state index in [0.717, 1.165) is 12.0 Å². The van der Waals surface area contributed by atoms with Crippen LogP contribution in [0.1, 0.15) is 17.8 Å². The summed E-state index contributed by atoms with van der Waals surface area (Å²) < 4.78 is 52.1. The third-order valence-electron chi connectivity index (χ3n) is 4.45. The standard InChI is InChI=1S/C19H16F4N4/c20-12-7-5-11(6-8-12)10-24-15-9-16(15)25-17-13-3-1-2-4-14(13)26-18(27-17)19(21,22)23/h1-8,15-16,24H,9-10H2,(H,25,26,27). The van der Waals surface area contributed by atoms with Crippen LogP contribution in [0.5, 0.6) is 0 Å². The second-order valence-electron chi connectivity index (χ2n) is 6.51. The molecule has 0 spiro atoms. The van der Waals surface area contributed by atoms with Gasteiger partial charge in [-0.25, -0.2) is 14.4 Å². The molecular weight excluding hydrogens is 360 g/mol. The Bertz CT molecular complexity index is 956. The molecule has 8 heteroatoms. The van der Waals surface area contributed by atoms with Crippen molar-refractivity contribution in [3.8, 4) is 0 Å². The van der Waals surface area contributed by atoms with Crippen LogP contribution in [0.2, 0.25) is 0 Å². The molecule has 2 unspecified atom stereocenters. The number of halogens is 4. The number of hydrogen-bond acceptors (Lipinski definition) is 4. The summed E-state index contributed by atoms with van der Waals surface area (Å²) in [6, 6.07) is 12.9. The predicted molar refractivity (Wildman–Crippen MR) is 93.6 cm³/mol. The predicted octanol–water partition coefficient (Wildman–Crippen LogP) is 4.13. The van der Waals surface area contributed by atoms with E-state index in [1.165, 1.54) is 18.2 Å². The highest BCUT2D eigenvalue weighted by atomic mass is 19.4. The molecule has 0 bridgehead atoms. The minimum Gasteiger partial charge on any atom is -0.365 e. The molecule has 0 saturated heterocycles. The summed E-state index contributed by atoms with van der Waals surface area (Å²) in [5.41, 5.74) is 1.19. The highest BCUT2D eigenvalue weighted by Gasteiger charge is 2.39. The third kappa shape index (κ3) is 4.00. The molecule has 1 heterocycles. The number of nitrogens with zero attached hydrogens (tertiary/aromatic N) is 2. The average molecular weight is 376 g/mol. The van der Waals surface area contributed by atoms with Crippen molar-refractivity contribution in [3.05, 3.63) is 65.7 Å². The Morgan fingerprint density at radius 1 is 0.963 bits per heavy atom. The van der Waals surface area contributed by atoms with E-state index in [9.17, 15) is 17.6 Å². The Kier molecular flexibility index (Phi) is 4.43. The molecule has 1 saturated carbocycles. The highest BCUT2D eigenvalue weighted by molar-refractivity contribution is 5.89. The Morgan fingerprint density at radius 2 is 1.70 bits per heavy atom. The fraction of sp³-hybridized carbons (Fsp3) is 0.263. The second-order valence-corrected chi connectivity index (χ2v) is 6.51. The van der Waals surface area contributed by atoms with E-state index in [1.807, 2.05) is 0 Å². The minimum absolute atomic E-state index is 0.0233. The molecular formula is C19H16F4N4. The molecule has 1 aliphatic carbocycles. The zero-order valence-electron chi connectivity index (χ0n) is 14.1. The molecule has 1 fully saturated rings. The maximum atomic E-state index is 13.1. The van der Waals surface area contributed by atoms with Gasteiger partial charge in [0, 0.05) is 24.0 Å². The van der Waals surface area contributed by atoms with Gasteiger partial charge in [-0.1, -0.05) is 24.3 Å². The van der Waals surface area contributed by atoms with Crippen LogP contribution in [0.4, 0.5) is 23.4 Å². The largest absolute Gasteiger partial charge is 0.451 e. The number of fused-ring (bicyclic) bond motifs is 1. The third-order valence-corrected chi connectivity index (χ3v) is 4.45. The van der Waals surface area contributed by atoms with Gasteiger partial charge in [0.05, 0.1) is 5.52 Å². The molecule has 0 aliphatic heterocycles. The number of rotatable bonds is 5. The number of benzene rings is 2. The molecule has 4 rings (SSSR count). The fourth-order valence-corrected chi connectivity index (χ4v) is 2.92. The number of aromatic nitrogens is 2. The zero-order valence-corrected chi connectivity index (χ0v) is 14.1. The molecule has 2 aromatic carbocycles. The van der Waals surface area contributed by atoms with E-state index >= 15 is 0 Å². The lowest BCUT2D eigenvalue weighted by atomic mass is 10.2. The van der Waals surface area contributed by atoms with Gasteiger partial charge in [-0.2, -0.15) is 13.2 Å². The number of hydrogen-bond donors (Lipinski definition) is 2. The monoisotopic (exact) mass is 376 g/mol. The lowest BCUT2D eigenvalue weighted by molar-refractivity contribution is -0.144. The molecule has 0 radical (unpaired) electrons. The molecule has 0 amide bonds. The van der Waals surface area contributed by atoms with Gasteiger partial charge in [0.2, 0.25) is 5.82 Å². The molecule has 2 N–H and O–H groups in total. The first-order valence-corrected chi connectivity index (χ1v) is 8.48. The van der Waals surface area contributed by atoms with Crippen LogP contribution < -0.4 is 10.6 Å². The minimum atomic E-state index is -4.61. The van der Waals surface area contributed by atoms with Crippen LogP contribution in [0.15, 0.2) is 48.5 Å². The summed E-state index contributed by atoms with van der Waals surface area (Å²) in [5.74, 6) is -1.26. The molecule has 3 aromatic rings. The van der Waals surface area contributed by atoms with Crippen molar-refractivity contribution in [3.63, 3.8) is 0 Å². The van der Waals surface area contributed by atoms with E-state index in [4.69, 9.17) is 0 Å². The normalized spacial score (nSPS) is 19.3. The van der Waals surface area contributed by atoms with E-state index in [0.29, 0.717) is 11.9 Å². The number of para-hydroxylation sites is 1. The van der Waals surface area contributed by atoms with Crippen molar-refractivity contribution in [1.29, 1.82) is 0 Å². The van der Waals surface area contributed by atoms with Gasteiger partial charge >= 0.3 is 6.18 Å². The first kappa shape index (κ1) is 17.7. The van der Waals surface area contributed by atoms with Gasteiger partial charge in [0.15, 0.2) is 0 Å². The first-order valence-electron chi connectivity index (χ1n) is 8.48. The SMILES string of the molecule is Fc1ccc(CNC2CC2Nc2nc(C(F)(F)F)nc3ccccc23)cc1. The van der Waals surface area contributed by atoms with Crippen molar-refractivity contribution < 1.29 is 17.6 Å². The van der Waals surface area contributed by atoms with Crippen LogP contribution in [-0.2, 0) is 12.7 Å². The lowest BCUT2D eigenvalue weighted by Crippen LogP contribution is -2.23. The number of alkyl halides is 3. The first-order chi connectivity index (χ1) is 12.9. The molecule has 4 nitrogen and oxygen atoms in total. The summed E-state index contributed by atoms with van der Waals surface area (Å²) in [6.07, 6.45) is -3.84. The Balaban J connectivity index is 1.47. The van der Waals surface area contributed by atoms with Crippen molar-refractivity contribution in [2.24, 2.45) is 0 Å². The summed E-state index contributed by atoms with van der Waals surface area (Å²) in [7, 11) is 0. The summed E-state index contributed by atoms with van der Waals surface area (Å²) in [6.45, 7) is 0.557. The quantitative estimate of drug-likeness (QED) is 0.658.